The fourth-order valence-corrected chi connectivity index (χ4v) is 6.57. The van der Waals surface area contributed by atoms with Crippen LogP contribution < -0.4 is 20.7 Å². The molecule has 0 saturated carbocycles. The Balaban J connectivity index is 1.40. The Morgan fingerprint density at radius 3 is 2.68 bits per heavy atom. The fourth-order valence-electron chi connectivity index (χ4n) is 4.89. The number of carbonyl (C=O) groups is 3. The number of nitrogens with one attached hydrogen (secondary N) is 1. The van der Waals surface area contributed by atoms with Crippen molar-refractivity contribution < 1.29 is 24.2 Å². The van der Waals surface area contributed by atoms with Gasteiger partial charge >= 0.3 is 5.97 Å². The Morgan fingerprint density at radius 1 is 1.22 bits per heavy atom. The molecule has 3 aromatic rings. The molecule has 1 aliphatic carbocycles. The van der Waals surface area contributed by atoms with Crippen LogP contribution in [0.5, 0.6) is 5.75 Å². The minimum absolute atomic E-state index is 0.0341. The highest BCUT2D eigenvalue weighted by atomic mass is 32.2. The molecule has 1 amide bonds. The van der Waals surface area contributed by atoms with E-state index in [1.165, 1.54) is 47.4 Å². The number of hydrogen-bond acceptors (Lipinski definition) is 11. The summed E-state index contributed by atoms with van der Waals surface area (Å²) in [5.74, 6) is -1.31. The summed E-state index contributed by atoms with van der Waals surface area (Å²) < 4.78 is 6.05. The molecule has 4 N–H and O–H groups in total. The molecular weight excluding hydrogens is 564 g/mol. The summed E-state index contributed by atoms with van der Waals surface area (Å²) in [6.07, 6.45) is 1.57. The van der Waals surface area contributed by atoms with Crippen LogP contribution in [0.1, 0.15) is 41.1 Å². The summed E-state index contributed by atoms with van der Waals surface area (Å²) in [5, 5.41) is 30.8. The highest BCUT2D eigenvalue weighted by Gasteiger charge is 2.42. The maximum Gasteiger partial charge on any atom is 0.335 e. The van der Waals surface area contributed by atoms with Crippen molar-refractivity contribution >= 4 is 51.6 Å². The van der Waals surface area contributed by atoms with Crippen molar-refractivity contribution in [3.63, 3.8) is 0 Å². The number of aromatic nitrogens is 2. The van der Waals surface area contributed by atoms with Crippen molar-refractivity contribution in [2.45, 2.75) is 29.5 Å². The molecule has 11 nitrogen and oxygen atoms in total. The monoisotopic (exact) mass is 588 g/mol. The number of carbonyl (C=O) groups excluding carboxylic acids is 2. The summed E-state index contributed by atoms with van der Waals surface area (Å²) in [6.45, 7) is 0. The van der Waals surface area contributed by atoms with Crippen LogP contribution in [0, 0.1) is 11.3 Å². The smallest absolute Gasteiger partial charge is 0.335 e. The van der Waals surface area contributed by atoms with E-state index in [1.54, 1.807) is 18.1 Å². The van der Waals surface area contributed by atoms with Crippen molar-refractivity contribution in [2.75, 3.05) is 23.1 Å². The molecule has 1 aliphatic heterocycles. The summed E-state index contributed by atoms with van der Waals surface area (Å²) in [6, 6.07) is 15.4. The van der Waals surface area contributed by atoms with Crippen LogP contribution in [0.15, 0.2) is 75.5 Å². The van der Waals surface area contributed by atoms with Gasteiger partial charge in [-0.05, 0) is 43.2 Å². The third-order valence-electron chi connectivity index (χ3n) is 6.69. The summed E-state index contributed by atoms with van der Waals surface area (Å²) in [7, 11) is 1.54. The van der Waals surface area contributed by atoms with Crippen LogP contribution in [0.3, 0.4) is 0 Å². The van der Waals surface area contributed by atoms with Crippen LogP contribution >= 0.6 is 23.1 Å². The molecular formula is C28H24N6O5S2. The quantitative estimate of drug-likeness (QED) is 0.321. The number of hydrogen-bond donors (Lipinski definition) is 3. The lowest BCUT2D eigenvalue weighted by molar-refractivity contribution is -0.116. The summed E-state index contributed by atoms with van der Waals surface area (Å²) in [5.41, 5.74) is 9.31. The molecule has 5 rings (SSSR count). The molecule has 2 aromatic carbocycles. The van der Waals surface area contributed by atoms with Crippen LogP contribution in [0.4, 0.5) is 10.8 Å². The van der Waals surface area contributed by atoms with E-state index in [1.807, 2.05) is 18.2 Å². The number of allylic oxidation sites excluding steroid dienone is 3. The van der Waals surface area contributed by atoms with E-state index in [2.05, 4.69) is 21.6 Å². The van der Waals surface area contributed by atoms with Crippen LogP contribution in [-0.4, -0.2) is 45.8 Å². The lowest BCUT2D eigenvalue weighted by Gasteiger charge is -2.38. The zero-order valence-corrected chi connectivity index (χ0v) is 23.4. The van der Waals surface area contributed by atoms with E-state index in [9.17, 15) is 19.6 Å². The van der Waals surface area contributed by atoms with E-state index in [-0.39, 0.29) is 34.4 Å². The number of methoxy groups -OCH3 is 1. The number of thioether (sulfide) groups is 1. The number of carboxylic acid groups (broad SMARTS) is 1. The first-order valence-electron chi connectivity index (χ1n) is 12.5. The van der Waals surface area contributed by atoms with Gasteiger partial charge in [0.1, 0.15) is 11.6 Å². The minimum atomic E-state index is -1.05. The molecule has 41 heavy (non-hydrogen) atoms. The molecule has 0 bridgehead atoms. The van der Waals surface area contributed by atoms with Gasteiger partial charge < -0.3 is 20.9 Å². The molecule has 1 aromatic heterocycles. The Morgan fingerprint density at radius 2 is 1.98 bits per heavy atom. The van der Waals surface area contributed by atoms with Crippen molar-refractivity contribution in [1.29, 1.82) is 5.26 Å². The number of nitrogens with zero attached hydrogens (tertiary/aromatic N) is 4. The fraction of sp³-hybridized carbons (Fsp3) is 0.214. The van der Waals surface area contributed by atoms with Gasteiger partial charge in [-0.1, -0.05) is 41.3 Å². The number of rotatable bonds is 8. The number of para-hydroxylation sites is 1. The first-order chi connectivity index (χ1) is 19.8. The molecule has 208 valence electrons. The number of nitriles is 1. The van der Waals surface area contributed by atoms with Gasteiger partial charge in [-0.15, -0.1) is 10.2 Å². The van der Waals surface area contributed by atoms with Gasteiger partial charge in [0.25, 0.3) is 0 Å². The van der Waals surface area contributed by atoms with E-state index >= 15 is 0 Å². The number of Topliss-reactive ketones (excluding diaryl/α,β-unsaturated/α-hetero) is 1. The van der Waals surface area contributed by atoms with Gasteiger partial charge in [-0.2, -0.15) is 5.26 Å². The van der Waals surface area contributed by atoms with Gasteiger partial charge in [0.05, 0.1) is 36.0 Å². The van der Waals surface area contributed by atoms with E-state index in [0.29, 0.717) is 57.0 Å². The van der Waals surface area contributed by atoms with Crippen LogP contribution in [0.25, 0.3) is 0 Å². The normalized spacial score (nSPS) is 16.7. The van der Waals surface area contributed by atoms with Crippen LogP contribution in [-0.2, 0) is 9.59 Å². The van der Waals surface area contributed by atoms with Gasteiger partial charge in [-0.25, -0.2) is 4.79 Å². The average molecular weight is 589 g/mol. The third kappa shape index (κ3) is 5.52. The van der Waals surface area contributed by atoms with E-state index in [4.69, 9.17) is 15.6 Å². The number of carboxylic acids is 1. The average Bonchev–Trinajstić information content (AvgIpc) is 3.44. The Labute approximate surface area is 243 Å². The number of nitrogens with two attached hydrogens (primary N) is 1. The van der Waals surface area contributed by atoms with Gasteiger partial charge in [-0.3, -0.25) is 14.5 Å². The number of ketones is 1. The number of ether oxygens (including phenoxy) is 1. The van der Waals surface area contributed by atoms with Gasteiger partial charge in [0.15, 0.2) is 10.1 Å². The largest absolute Gasteiger partial charge is 0.496 e. The van der Waals surface area contributed by atoms with Gasteiger partial charge in [0, 0.05) is 28.9 Å². The maximum atomic E-state index is 13.3. The highest BCUT2D eigenvalue weighted by molar-refractivity contribution is 8.01. The van der Waals surface area contributed by atoms with Crippen molar-refractivity contribution in [2.24, 2.45) is 5.73 Å². The second-order valence-electron chi connectivity index (χ2n) is 9.13. The molecule has 0 radical (unpaired) electrons. The van der Waals surface area contributed by atoms with E-state index in [0.717, 1.165) is 0 Å². The number of benzene rings is 2. The Hall–Kier alpha value is -4.67. The lowest BCUT2D eigenvalue weighted by atomic mass is 9.75. The predicted molar refractivity (Wildman–Crippen MR) is 154 cm³/mol. The first kappa shape index (κ1) is 27.9. The summed E-state index contributed by atoms with van der Waals surface area (Å²) in [4.78, 5) is 38.5. The molecule has 0 saturated heterocycles. The minimum Gasteiger partial charge on any atom is -0.496 e. The molecule has 1 atom stereocenters. The molecule has 0 spiro atoms. The van der Waals surface area contributed by atoms with Crippen molar-refractivity contribution in [3.05, 3.63) is 82.3 Å². The maximum absolute atomic E-state index is 13.3. The topological polar surface area (TPSA) is 172 Å². The standard InChI is InChI=1S/C28H24N6O5S2/c1-39-21-8-3-2-5-17(21)23-18(13-29)25(30)34(19-6-4-7-20(35)24(19)23)27-32-33-28(41-27)40-14-22(36)31-16-11-9-15(10-12-16)26(37)38/h2-3,5,8-12,23H,4,6-7,14,30H2,1H3,(H,31,36)(H,37,38). The second kappa shape index (κ2) is 11.8. The predicted octanol–water partition coefficient (Wildman–Crippen LogP) is 4.28. The SMILES string of the molecule is COc1ccccc1C1C(C#N)=C(N)N(c2nnc(SCC(=O)Nc3ccc(C(=O)O)cc3)s2)C2=C1C(=O)CCC2. The molecule has 1 unspecified atom stereocenters. The number of amides is 1. The Kier molecular flexibility index (Phi) is 8.04. The lowest BCUT2D eigenvalue weighted by Crippen LogP contribution is -2.38. The highest BCUT2D eigenvalue weighted by Crippen LogP contribution is 2.48. The molecule has 2 aliphatic rings. The van der Waals surface area contributed by atoms with E-state index < -0.39 is 11.9 Å². The molecule has 13 heteroatoms. The second-order valence-corrected chi connectivity index (χ2v) is 11.3. The van der Waals surface area contributed by atoms with Crippen molar-refractivity contribution in [3.8, 4) is 11.8 Å². The molecule has 2 heterocycles. The first-order valence-corrected chi connectivity index (χ1v) is 14.3. The van der Waals surface area contributed by atoms with Gasteiger partial charge in [0.2, 0.25) is 11.0 Å². The number of anilines is 2. The zero-order chi connectivity index (χ0) is 29.1. The zero-order valence-electron chi connectivity index (χ0n) is 21.8. The summed E-state index contributed by atoms with van der Waals surface area (Å²) >= 11 is 2.37. The molecule has 0 fully saturated rings. The third-order valence-corrected chi connectivity index (χ3v) is 8.73. The van der Waals surface area contributed by atoms with Crippen molar-refractivity contribution in [1.82, 2.24) is 10.2 Å². The Bertz CT molecular complexity index is 1640. The number of aromatic carboxylic acids is 1. The van der Waals surface area contributed by atoms with Crippen LogP contribution in [0.2, 0.25) is 0 Å².